The summed E-state index contributed by atoms with van der Waals surface area (Å²) < 4.78 is 11.8. The molecule has 0 radical (unpaired) electrons. The minimum Gasteiger partial charge on any atom is -0.456 e. The molecular weight excluding hydrogens is 657 g/mol. The third-order valence-electron chi connectivity index (χ3n) is 10.8. The van der Waals surface area contributed by atoms with Crippen LogP contribution in [0.25, 0.3) is 117 Å². The smallest absolute Gasteiger partial charge is 0.136 e. The minimum atomic E-state index is 0.919. The Morgan fingerprint density at radius 1 is 0.314 bits per heavy atom. The average molecular weight is 683 g/mol. The number of thiophene rings is 2. The van der Waals surface area contributed by atoms with Crippen LogP contribution < -0.4 is 0 Å². The molecule has 3 heterocycles. The van der Waals surface area contributed by atoms with Crippen molar-refractivity contribution in [1.29, 1.82) is 0 Å². The molecular formula is C48H26OS2. The highest BCUT2D eigenvalue weighted by atomic mass is 32.1. The average Bonchev–Trinajstić information content (AvgIpc) is 3.86. The Morgan fingerprint density at radius 3 is 1.45 bits per heavy atom. The number of para-hydroxylation sites is 1. The molecule has 12 aromatic rings. The Hall–Kier alpha value is -6.00. The summed E-state index contributed by atoms with van der Waals surface area (Å²) in [6.45, 7) is 0. The lowest BCUT2D eigenvalue weighted by Gasteiger charge is -2.17. The summed E-state index contributed by atoms with van der Waals surface area (Å²) in [5, 5.41) is 15.3. The molecule has 0 bridgehead atoms. The van der Waals surface area contributed by atoms with E-state index in [9.17, 15) is 0 Å². The summed E-state index contributed by atoms with van der Waals surface area (Å²) in [5.74, 6) is 0. The number of rotatable bonds is 2. The molecule has 0 aliphatic rings. The molecule has 12 rings (SSSR count). The first-order valence-electron chi connectivity index (χ1n) is 17.3. The van der Waals surface area contributed by atoms with Gasteiger partial charge in [0.25, 0.3) is 0 Å². The molecule has 0 amide bonds. The predicted octanol–water partition coefficient (Wildman–Crippen LogP) is 15.1. The Bertz CT molecular complexity index is 3370. The summed E-state index contributed by atoms with van der Waals surface area (Å²) in [6.07, 6.45) is 0. The second kappa shape index (κ2) is 10.3. The summed E-state index contributed by atoms with van der Waals surface area (Å²) in [6, 6.07) is 58.1. The van der Waals surface area contributed by atoms with Crippen molar-refractivity contribution in [3.05, 3.63) is 158 Å². The molecule has 0 spiro atoms. The number of furan rings is 1. The van der Waals surface area contributed by atoms with Crippen LogP contribution in [-0.2, 0) is 0 Å². The van der Waals surface area contributed by atoms with Crippen LogP contribution in [0.5, 0.6) is 0 Å². The van der Waals surface area contributed by atoms with Crippen LogP contribution in [0, 0.1) is 0 Å². The summed E-state index contributed by atoms with van der Waals surface area (Å²) in [4.78, 5) is 0. The normalized spacial score (nSPS) is 12.3. The molecule has 3 heteroatoms. The van der Waals surface area contributed by atoms with Gasteiger partial charge in [-0.3, -0.25) is 0 Å². The third-order valence-corrected chi connectivity index (χ3v) is 13.3. The van der Waals surface area contributed by atoms with Gasteiger partial charge in [-0.25, -0.2) is 0 Å². The topological polar surface area (TPSA) is 13.1 Å². The van der Waals surface area contributed by atoms with Crippen LogP contribution in [0.3, 0.4) is 0 Å². The highest BCUT2D eigenvalue weighted by Gasteiger charge is 2.19. The molecule has 3 aromatic heterocycles. The Morgan fingerprint density at radius 2 is 0.784 bits per heavy atom. The lowest BCUT2D eigenvalue weighted by Crippen LogP contribution is -1.90. The van der Waals surface area contributed by atoms with Crippen LogP contribution in [0.15, 0.2) is 162 Å². The van der Waals surface area contributed by atoms with Gasteiger partial charge >= 0.3 is 0 Å². The fourth-order valence-corrected chi connectivity index (χ4v) is 11.2. The highest BCUT2D eigenvalue weighted by molar-refractivity contribution is 7.33. The first-order valence-corrected chi connectivity index (χ1v) is 19.0. The van der Waals surface area contributed by atoms with E-state index in [-0.39, 0.29) is 0 Å². The van der Waals surface area contributed by atoms with E-state index in [1.807, 2.05) is 28.7 Å². The van der Waals surface area contributed by atoms with E-state index < -0.39 is 0 Å². The Labute approximate surface area is 300 Å². The molecule has 236 valence electrons. The van der Waals surface area contributed by atoms with Gasteiger partial charge in [-0.1, -0.05) is 121 Å². The fraction of sp³-hybridized carbons (Fsp3) is 0. The van der Waals surface area contributed by atoms with Gasteiger partial charge in [-0.2, -0.15) is 0 Å². The zero-order valence-electron chi connectivity index (χ0n) is 27.2. The maximum Gasteiger partial charge on any atom is 0.136 e. The van der Waals surface area contributed by atoms with Gasteiger partial charge in [0.1, 0.15) is 11.2 Å². The van der Waals surface area contributed by atoms with E-state index in [1.165, 1.54) is 94.9 Å². The van der Waals surface area contributed by atoms with Crippen molar-refractivity contribution in [2.45, 2.75) is 0 Å². The molecule has 0 saturated heterocycles. The summed E-state index contributed by atoms with van der Waals surface area (Å²) in [5.41, 5.74) is 6.79. The van der Waals surface area contributed by atoms with Gasteiger partial charge in [0, 0.05) is 41.7 Å². The lowest BCUT2D eigenvalue weighted by molar-refractivity contribution is 0.669. The molecule has 0 aliphatic carbocycles. The van der Waals surface area contributed by atoms with E-state index >= 15 is 0 Å². The van der Waals surface area contributed by atoms with Gasteiger partial charge in [-0.15, -0.1) is 22.7 Å². The molecule has 0 atom stereocenters. The van der Waals surface area contributed by atoms with Crippen molar-refractivity contribution in [3.8, 4) is 22.3 Å². The minimum absolute atomic E-state index is 0.919. The van der Waals surface area contributed by atoms with Crippen LogP contribution >= 0.6 is 22.7 Å². The summed E-state index contributed by atoms with van der Waals surface area (Å²) >= 11 is 3.86. The van der Waals surface area contributed by atoms with Gasteiger partial charge in [0.05, 0.1) is 9.40 Å². The molecule has 1 nitrogen and oxygen atoms in total. The van der Waals surface area contributed by atoms with Crippen molar-refractivity contribution in [2.24, 2.45) is 0 Å². The van der Waals surface area contributed by atoms with E-state index in [4.69, 9.17) is 4.42 Å². The van der Waals surface area contributed by atoms with Crippen LogP contribution in [0.2, 0.25) is 0 Å². The van der Waals surface area contributed by atoms with Crippen molar-refractivity contribution < 1.29 is 4.42 Å². The zero-order valence-corrected chi connectivity index (χ0v) is 28.9. The van der Waals surface area contributed by atoms with E-state index in [0.29, 0.717) is 0 Å². The van der Waals surface area contributed by atoms with Gasteiger partial charge < -0.3 is 4.42 Å². The second-order valence-electron chi connectivity index (χ2n) is 13.6. The molecule has 0 fully saturated rings. The predicted molar refractivity (Wildman–Crippen MR) is 223 cm³/mol. The molecule has 51 heavy (non-hydrogen) atoms. The molecule has 0 N–H and O–H groups in total. The van der Waals surface area contributed by atoms with Crippen molar-refractivity contribution in [2.75, 3.05) is 0 Å². The first-order chi connectivity index (χ1) is 25.3. The number of hydrogen-bond acceptors (Lipinski definition) is 3. The molecule has 0 unspecified atom stereocenters. The van der Waals surface area contributed by atoms with Gasteiger partial charge in [0.15, 0.2) is 0 Å². The molecule has 0 saturated carbocycles. The monoisotopic (exact) mass is 682 g/mol. The lowest BCUT2D eigenvalue weighted by atomic mass is 9.86. The highest BCUT2D eigenvalue weighted by Crippen LogP contribution is 2.48. The standard InChI is InChI=1S/C48H26OS2/c1-2-10-28-25-44-40(23-27(28)9-1)39-22-21-38-33-20-18-30(26-43(33)50-47(38)48(39)51-44)46-36-14-5-3-12-34(36)45(35-13-4-6-15-37(35)46)29-17-19-32-31-11-7-8-16-41(31)49-42(32)24-29/h1-26H. The summed E-state index contributed by atoms with van der Waals surface area (Å²) in [7, 11) is 0. The zero-order chi connectivity index (χ0) is 33.2. The number of benzene rings is 9. The SMILES string of the molecule is c1ccc2cc3c(cc2c1)sc1c3ccc2c3ccc(-c4c5ccccc5c(-c5ccc6c(c5)oc5ccccc56)c5ccccc45)cc3sc21. The number of fused-ring (bicyclic) bond motifs is 13. The van der Waals surface area contributed by atoms with Crippen LogP contribution in [0.4, 0.5) is 0 Å². The third kappa shape index (κ3) is 3.90. The van der Waals surface area contributed by atoms with Crippen LogP contribution in [0.1, 0.15) is 0 Å². The van der Waals surface area contributed by atoms with Crippen LogP contribution in [-0.4, -0.2) is 0 Å². The van der Waals surface area contributed by atoms with Gasteiger partial charge in [0.2, 0.25) is 0 Å². The molecule has 9 aromatic carbocycles. The van der Waals surface area contributed by atoms with E-state index in [0.717, 1.165) is 21.9 Å². The van der Waals surface area contributed by atoms with E-state index in [1.54, 1.807) is 0 Å². The maximum absolute atomic E-state index is 6.36. The second-order valence-corrected chi connectivity index (χ2v) is 15.7. The van der Waals surface area contributed by atoms with Crippen molar-refractivity contribution in [3.63, 3.8) is 0 Å². The Balaban J connectivity index is 1.09. The molecule has 0 aliphatic heterocycles. The largest absolute Gasteiger partial charge is 0.456 e. The maximum atomic E-state index is 6.36. The quantitative estimate of drug-likeness (QED) is 0.165. The van der Waals surface area contributed by atoms with E-state index in [2.05, 4.69) is 152 Å². The number of hydrogen-bond donors (Lipinski definition) is 0. The first kappa shape index (κ1) is 27.8. The fourth-order valence-electron chi connectivity index (χ4n) is 8.54. The van der Waals surface area contributed by atoms with Gasteiger partial charge in [-0.05, 0) is 91.0 Å². The Kier molecular flexibility index (Phi) is 5.59. The van der Waals surface area contributed by atoms with Crippen molar-refractivity contribution in [1.82, 2.24) is 0 Å². The van der Waals surface area contributed by atoms with Crippen molar-refractivity contribution >= 4 is 117 Å².